The smallest absolute Gasteiger partial charge is 0.247 e. The van der Waals surface area contributed by atoms with Gasteiger partial charge in [-0.15, -0.1) is 11.3 Å². The van der Waals surface area contributed by atoms with Crippen molar-refractivity contribution in [2.45, 2.75) is 12.5 Å². The van der Waals surface area contributed by atoms with E-state index in [2.05, 4.69) is 23.6 Å². The summed E-state index contributed by atoms with van der Waals surface area (Å²) in [6.07, 6.45) is 4.28. The standard InChI is InChI=1S/C25H25NO4S/c1-28-20-15-17(16-21(29-2)25(20)30-3)9-10-23(27)26-13-11-22-19(12-14-31-22)24(26)18-7-5-4-6-8-18/h4-10,12,14-16,24H,11,13H2,1-3H3/b10-9+/t24-/m0/s1. The molecule has 0 spiro atoms. The van der Waals surface area contributed by atoms with E-state index in [0.717, 1.165) is 17.5 Å². The summed E-state index contributed by atoms with van der Waals surface area (Å²) in [6.45, 7) is 0.686. The Morgan fingerprint density at radius 2 is 1.74 bits per heavy atom. The van der Waals surface area contributed by atoms with Crippen LogP contribution in [0.5, 0.6) is 17.2 Å². The lowest BCUT2D eigenvalue weighted by Crippen LogP contribution is -2.39. The molecule has 160 valence electrons. The number of carbonyl (C=O) groups excluding carboxylic acids is 1. The molecule has 4 rings (SSSR count). The Kier molecular flexibility index (Phi) is 6.28. The van der Waals surface area contributed by atoms with Crippen LogP contribution < -0.4 is 14.2 Å². The van der Waals surface area contributed by atoms with Crippen molar-refractivity contribution in [3.05, 3.63) is 81.6 Å². The monoisotopic (exact) mass is 435 g/mol. The summed E-state index contributed by atoms with van der Waals surface area (Å²) in [5.74, 6) is 1.60. The molecule has 2 aromatic carbocycles. The van der Waals surface area contributed by atoms with Crippen LogP contribution in [0.2, 0.25) is 0 Å². The quantitative estimate of drug-likeness (QED) is 0.514. The number of methoxy groups -OCH3 is 3. The van der Waals surface area contributed by atoms with Gasteiger partial charge in [-0.05, 0) is 52.8 Å². The summed E-state index contributed by atoms with van der Waals surface area (Å²) in [7, 11) is 4.72. The van der Waals surface area contributed by atoms with Crippen LogP contribution in [-0.2, 0) is 11.2 Å². The van der Waals surface area contributed by atoms with Gasteiger partial charge in [-0.1, -0.05) is 30.3 Å². The number of benzene rings is 2. The van der Waals surface area contributed by atoms with Crippen LogP contribution in [0.4, 0.5) is 0 Å². The highest BCUT2D eigenvalue weighted by atomic mass is 32.1. The van der Waals surface area contributed by atoms with Gasteiger partial charge in [-0.2, -0.15) is 0 Å². The van der Waals surface area contributed by atoms with Gasteiger partial charge in [0.1, 0.15) is 0 Å². The van der Waals surface area contributed by atoms with E-state index in [1.54, 1.807) is 44.8 Å². The van der Waals surface area contributed by atoms with Crippen molar-refractivity contribution < 1.29 is 19.0 Å². The zero-order valence-electron chi connectivity index (χ0n) is 17.8. The molecular weight excluding hydrogens is 410 g/mol. The second-order valence-electron chi connectivity index (χ2n) is 7.19. The molecule has 1 atom stereocenters. The van der Waals surface area contributed by atoms with Crippen molar-refractivity contribution in [2.24, 2.45) is 0 Å². The number of ether oxygens (including phenoxy) is 3. The van der Waals surface area contributed by atoms with Crippen molar-refractivity contribution in [2.75, 3.05) is 27.9 Å². The minimum atomic E-state index is -0.0757. The van der Waals surface area contributed by atoms with Gasteiger partial charge < -0.3 is 19.1 Å². The molecular formula is C25H25NO4S. The SMILES string of the molecule is COc1cc(/C=C/C(=O)N2CCc3sccc3[C@@H]2c2ccccc2)cc(OC)c1OC. The largest absolute Gasteiger partial charge is 0.493 e. The molecule has 0 bridgehead atoms. The minimum absolute atomic E-state index is 0.0283. The van der Waals surface area contributed by atoms with Gasteiger partial charge in [-0.3, -0.25) is 4.79 Å². The maximum absolute atomic E-state index is 13.3. The lowest BCUT2D eigenvalue weighted by Gasteiger charge is -2.35. The van der Waals surface area contributed by atoms with Gasteiger partial charge in [0.15, 0.2) is 11.5 Å². The third-order valence-electron chi connectivity index (χ3n) is 5.47. The molecule has 3 aromatic rings. The molecule has 0 saturated carbocycles. The number of hydrogen-bond donors (Lipinski definition) is 0. The van der Waals surface area contributed by atoms with Crippen LogP contribution in [0, 0.1) is 0 Å². The van der Waals surface area contributed by atoms with E-state index < -0.39 is 0 Å². The zero-order valence-corrected chi connectivity index (χ0v) is 18.6. The predicted molar refractivity (Wildman–Crippen MR) is 123 cm³/mol. The number of rotatable bonds is 6. The highest BCUT2D eigenvalue weighted by Gasteiger charge is 2.31. The van der Waals surface area contributed by atoms with Gasteiger partial charge in [0.05, 0.1) is 27.4 Å². The molecule has 0 radical (unpaired) electrons. The first-order chi connectivity index (χ1) is 15.2. The molecule has 6 heteroatoms. The van der Waals surface area contributed by atoms with Gasteiger partial charge in [-0.25, -0.2) is 0 Å². The lowest BCUT2D eigenvalue weighted by molar-refractivity contribution is -0.127. The van der Waals surface area contributed by atoms with Crippen LogP contribution in [0.15, 0.2) is 60.0 Å². The van der Waals surface area contributed by atoms with Gasteiger partial charge in [0.25, 0.3) is 0 Å². The van der Waals surface area contributed by atoms with E-state index in [-0.39, 0.29) is 11.9 Å². The normalized spacial score (nSPS) is 15.6. The molecule has 2 heterocycles. The second kappa shape index (κ2) is 9.27. The Morgan fingerprint density at radius 1 is 1.03 bits per heavy atom. The number of carbonyl (C=O) groups is 1. The molecule has 1 aliphatic heterocycles. The molecule has 1 aliphatic rings. The van der Waals surface area contributed by atoms with Crippen molar-refractivity contribution in [3.8, 4) is 17.2 Å². The number of hydrogen-bond acceptors (Lipinski definition) is 5. The number of nitrogens with zero attached hydrogens (tertiary/aromatic N) is 1. The van der Waals surface area contributed by atoms with E-state index in [4.69, 9.17) is 14.2 Å². The molecule has 1 aromatic heterocycles. The molecule has 0 N–H and O–H groups in total. The number of thiophene rings is 1. The Bertz CT molecular complexity index is 1060. The summed E-state index contributed by atoms with van der Waals surface area (Å²) >= 11 is 1.76. The summed E-state index contributed by atoms with van der Waals surface area (Å²) in [6, 6.07) is 15.9. The molecule has 31 heavy (non-hydrogen) atoms. The maximum Gasteiger partial charge on any atom is 0.247 e. The summed E-state index contributed by atoms with van der Waals surface area (Å²) < 4.78 is 16.2. The van der Waals surface area contributed by atoms with Crippen molar-refractivity contribution >= 4 is 23.3 Å². The number of fused-ring (bicyclic) bond motifs is 1. The Hall–Kier alpha value is -3.25. The van der Waals surface area contributed by atoms with Gasteiger partial charge in [0, 0.05) is 17.5 Å². The Morgan fingerprint density at radius 3 is 2.39 bits per heavy atom. The second-order valence-corrected chi connectivity index (χ2v) is 8.19. The van der Waals surface area contributed by atoms with Crippen LogP contribution in [-0.4, -0.2) is 38.7 Å². The first kappa shape index (κ1) is 21.0. The van der Waals surface area contributed by atoms with E-state index in [1.807, 2.05) is 35.2 Å². The molecule has 0 aliphatic carbocycles. The maximum atomic E-state index is 13.3. The molecule has 5 nitrogen and oxygen atoms in total. The summed E-state index contributed by atoms with van der Waals surface area (Å²) in [5, 5.41) is 2.11. The van der Waals surface area contributed by atoms with E-state index in [1.165, 1.54) is 10.4 Å². The zero-order chi connectivity index (χ0) is 21.8. The topological polar surface area (TPSA) is 48.0 Å². The van der Waals surface area contributed by atoms with Crippen molar-refractivity contribution in [3.63, 3.8) is 0 Å². The first-order valence-electron chi connectivity index (χ1n) is 10.1. The van der Waals surface area contributed by atoms with E-state index in [0.29, 0.717) is 23.8 Å². The van der Waals surface area contributed by atoms with Crippen molar-refractivity contribution in [1.82, 2.24) is 4.90 Å². The van der Waals surface area contributed by atoms with Crippen LogP contribution in [0.3, 0.4) is 0 Å². The fraction of sp³-hybridized carbons (Fsp3) is 0.240. The molecule has 1 amide bonds. The Labute approximate surface area is 186 Å². The predicted octanol–water partition coefficient (Wildman–Crippen LogP) is 4.96. The van der Waals surface area contributed by atoms with Crippen LogP contribution in [0.25, 0.3) is 6.08 Å². The van der Waals surface area contributed by atoms with E-state index in [9.17, 15) is 4.79 Å². The minimum Gasteiger partial charge on any atom is -0.493 e. The molecule has 0 saturated heterocycles. The Balaban J connectivity index is 1.64. The highest BCUT2D eigenvalue weighted by Crippen LogP contribution is 2.39. The highest BCUT2D eigenvalue weighted by molar-refractivity contribution is 7.10. The molecule has 0 unspecified atom stereocenters. The summed E-state index contributed by atoms with van der Waals surface area (Å²) in [4.78, 5) is 16.6. The van der Waals surface area contributed by atoms with Crippen LogP contribution >= 0.6 is 11.3 Å². The number of amides is 1. The lowest BCUT2D eigenvalue weighted by atomic mass is 9.93. The first-order valence-corrected chi connectivity index (χ1v) is 10.9. The van der Waals surface area contributed by atoms with E-state index >= 15 is 0 Å². The average Bonchev–Trinajstić information content (AvgIpc) is 3.30. The third kappa shape index (κ3) is 4.16. The van der Waals surface area contributed by atoms with Crippen molar-refractivity contribution in [1.29, 1.82) is 0 Å². The summed E-state index contributed by atoms with van der Waals surface area (Å²) in [5.41, 5.74) is 3.14. The third-order valence-corrected chi connectivity index (χ3v) is 6.47. The fourth-order valence-corrected chi connectivity index (χ4v) is 4.91. The van der Waals surface area contributed by atoms with Gasteiger partial charge >= 0.3 is 0 Å². The average molecular weight is 436 g/mol. The molecule has 0 fully saturated rings. The van der Waals surface area contributed by atoms with Crippen LogP contribution in [0.1, 0.15) is 27.6 Å². The fourth-order valence-electron chi connectivity index (χ4n) is 4.01. The van der Waals surface area contributed by atoms with Gasteiger partial charge in [0.2, 0.25) is 11.7 Å².